The maximum atomic E-state index is 6.50. The highest BCUT2D eigenvalue weighted by molar-refractivity contribution is 6.30. The molecule has 0 aliphatic heterocycles. The fourth-order valence-electron chi connectivity index (χ4n) is 17.7. The van der Waals surface area contributed by atoms with Crippen LogP contribution in [-0.2, 0) is 21.7 Å². The molecule has 18 aromatic rings. The average molecular weight is 1320 g/mol. The molecule has 4 heterocycles. The fourth-order valence-corrected chi connectivity index (χ4v) is 17.7. The molecule has 2 aliphatic rings. The van der Waals surface area contributed by atoms with Gasteiger partial charge < -0.3 is 27.8 Å². The number of rotatable bonds is 8. The Balaban J connectivity index is 0.825. The van der Waals surface area contributed by atoms with Crippen molar-refractivity contribution in [3.63, 3.8) is 0 Å². The maximum Gasteiger partial charge on any atom is 0.135 e. The SMILES string of the molecule is CC(C)(C)c1ccc(-n2c3cc(N(c4ccc5c(c4)C(C)(C)c4ccccc4-5)c4ccc5oc6ccccc6c5c4)ccc3c3c4ccc5c(c4ccc32)c2ccc(N(c3ccc4c(c3)C(C)(C)c3ccccc3-4)c3ccc4oc6ccccc6c4c3)cc2n5-c2ccc(C(C)(C)C)cc2)cc1. The molecule has 0 atom stereocenters. The number of hydrogen-bond acceptors (Lipinski definition) is 4. The lowest BCUT2D eigenvalue weighted by Crippen LogP contribution is -2.16. The zero-order chi connectivity index (χ0) is 69.0. The number of anilines is 6. The Morgan fingerprint density at radius 2 is 0.598 bits per heavy atom. The highest BCUT2D eigenvalue weighted by Crippen LogP contribution is 2.55. The number of fused-ring (bicyclic) bond motifs is 21. The van der Waals surface area contributed by atoms with Crippen molar-refractivity contribution in [2.45, 2.75) is 90.9 Å². The molecular weight excluding hydrogens is 1240 g/mol. The average Bonchev–Trinajstić information content (AvgIpc) is 1.55. The minimum Gasteiger partial charge on any atom is -0.456 e. The first-order valence-corrected chi connectivity index (χ1v) is 36.0. The van der Waals surface area contributed by atoms with E-state index in [1.54, 1.807) is 0 Å². The second-order valence-corrected chi connectivity index (χ2v) is 31.7. The quantitative estimate of drug-likeness (QED) is 0.152. The van der Waals surface area contributed by atoms with Gasteiger partial charge in [0, 0.05) is 99.4 Å². The van der Waals surface area contributed by atoms with Crippen LogP contribution in [0.4, 0.5) is 34.1 Å². The Kier molecular flexibility index (Phi) is 12.6. The molecule has 102 heavy (non-hydrogen) atoms. The van der Waals surface area contributed by atoms with Crippen LogP contribution >= 0.6 is 0 Å². The molecule has 2 aliphatic carbocycles. The molecule has 0 saturated carbocycles. The van der Waals surface area contributed by atoms with Crippen molar-refractivity contribution in [1.29, 1.82) is 0 Å². The Bertz CT molecular complexity index is 6190. The lowest BCUT2D eigenvalue weighted by atomic mass is 9.82. The van der Waals surface area contributed by atoms with Crippen molar-refractivity contribution >= 4 is 132 Å². The first-order chi connectivity index (χ1) is 49.3. The molecular formula is C96H76N4O2. The summed E-state index contributed by atoms with van der Waals surface area (Å²) >= 11 is 0. The number of furan rings is 2. The predicted octanol–water partition coefficient (Wildman–Crippen LogP) is 27.0. The van der Waals surface area contributed by atoms with Gasteiger partial charge in [-0.05, 0) is 211 Å². The van der Waals surface area contributed by atoms with E-state index in [0.29, 0.717) is 0 Å². The lowest BCUT2D eigenvalue weighted by Gasteiger charge is -2.28. The monoisotopic (exact) mass is 1320 g/mol. The summed E-state index contributed by atoms with van der Waals surface area (Å²) in [4.78, 5) is 4.93. The normalized spacial score (nSPS) is 13.9. The van der Waals surface area contributed by atoms with Crippen LogP contribution in [0.15, 0.2) is 288 Å². The van der Waals surface area contributed by atoms with Gasteiger partial charge in [-0.25, -0.2) is 0 Å². The van der Waals surface area contributed by atoms with Crippen LogP contribution < -0.4 is 9.80 Å². The van der Waals surface area contributed by atoms with E-state index in [1.807, 2.05) is 0 Å². The van der Waals surface area contributed by atoms with E-state index in [9.17, 15) is 0 Å². The van der Waals surface area contributed by atoms with E-state index in [0.717, 1.165) is 111 Å². The molecule has 0 N–H and O–H groups in total. The highest BCUT2D eigenvalue weighted by atomic mass is 16.3. The number of hydrogen-bond donors (Lipinski definition) is 0. The second-order valence-electron chi connectivity index (χ2n) is 31.7. The molecule has 0 bridgehead atoms. The van der Waals surface area contributed by atoms with Gasteiger partial charge in [-0.2, -0.15) is 0 Å². The molecule has 492 valence electrons. The van der Waals surface area contributed by atoms with Crippen molar-refractivity contribution < 1.29 is 8.83 Å². The van der Waals surface area contributed by atoms with Crippen LogP contribution in [0.2, 0.25) is 0 Å². The second kappa shape index (κ2) is 21.3. The Hall–Kier alpha value is -11.9. The van der Waals surface area contributed by atoms with E-state index in [1.165, 1.54) is 88.0 Å². The summed E-state index contributed by atoms with van der Waals surface area (Å²) in [5.41, 5.74) is 29.4. The zero-order valence-electron chi connectivity index (χ0n) is 59.2. The molecule has 0 radical (unpaired) electrons. The third-order valence-electron chi connectivity index (χ3n) is 23.0. The minimum absolute atomic E-state index is 0.0232. The molecule has 14 aromatic carbocycles. The third-order valence-corrected chi connectivity index (χ3v) is 23.0. The summed E-state index contributed by atoms with van der Waals surface area (Å²) < 4.78 is 18.0. The van der Waals surface area contributed by atoms with E-state index < -0.39 is 0 Å². The van der Waals surface area contributed by atoms with Crippen molar-refractivity contribution in [2.24, 2.45) is 0 Å². The summed E-state index contributed by atoms with van der Waals surface area (Å²) in [5.74, 6) is 0. The van der Waals surface area contributed by atoms with Crippen LogP contribution in [0.3, 0.4) is 0 Å². The van der Waals surface area contributed by atoms with E-state index >= 15 is 0 Å². The third kappa shape index (κ3) is 8.78. The molecule has 4 aromatic heterocycles. The number of para-hydroxylation sites is 2. The summed E-state index contributed by atoms with van der Waals surface area (Å²) in [6, 6.07) is 105. The first kappa shape index (κ1) is 60.1. The van der Waals surface area contributed by atoms with Gasteiger partial charge in [0.15, 0.2) is 0 Å². The zero-order valence-corrected chi connectivity index (χ0v) is 59.2. The van der Waals surface area contributed by atoms with E-state index in [4.69, 9.17) is 8.83 Å². The predicted molar refractivity (Wildman–Crippen MR) is 429 cm³/mol. The molecule has 6 heteroatoms. The molecule has 0 saturated heterocycles. The summed E-state index contributed by atoms with van der Waals surface area (Å²) in [5, 5.41) is 11.6. The van der Waals surface area contributed by atoms with Crippen molar-refractivity contribution in [1.82, 2.24) is 9.13 Å². The van der Waals surface area contributed by atoms with Gasteiger partial charge >= 0.3 is 0 Å². The van der Waals surface area contributed by atoms with Crippen LogP contribution in [0.1, 0.15) is 103 Å². The Labute approximate surface area is 593 Å². The van der Waals surface area contributed by atoms with Gasteiger partial charge in [0.05, 0.1) is 22.1 Å². The van der Waals surface area contributed by atoms with E-state index in [2.05, 4.69) is 367 Å². The van der Waals surface area contributed by atoms with Crippen molar-refractivity contribution in [2.75, 3.05) is 9.80 Å². The molecule has 0 unspecified atom stereocenters. The Morgan fingerprint density at radius 1 is 0.265 bits per heavy atom. The van der Waals surface area contributed by atoms with Crippen molar-refractivity contribution in [3.05, 3.63) is 312 Å². The van der Waals surface area contributed by atoms with Crippen LogP contribution in [0.5, 0.6) is 0 Å². The molecule has 0 fully saturated rings. The smallest absolute Gasteiger partial charge is 0.135 e. The number of aromatic nitrogens is 2. The standard InChI is InChI=1S/C96H76N4O2/c1-93(2,3)57-27-31-59(32-28-57)99-83-47-45-74-73(91(83)75-43-37-65(55-85(75)99)97(61-39-49-89-77(51-61)71-21-13-17-25-87(71)101-89)63-35-41-69-67-19-11-15-23-79(67)95(7,8)81(69)53-63)46-48-84-92(74)76-44-38-66(56-86(76)100(84)60-33-29-58(30-34-60)94(4,5)6)98(62-40-50-90-78(52-62)72-22-14-18-26-88(72)102-90)64-36-42-70-68-20-12-16-24-80(68)96(9,10)82(70)54-64/h11-56H,1-10H3. The molecule has 0 amide bonds. The molecule has 20 rings (SSSR count). The first-order valence-electron chi connectivity index (χ1n) is 36.0. The molecule has 6 nitrogen and oxygen atoms in total. The molecule has 0 spiro atoms. The van der Waals surface area contributed by atoms with Gasteiger partial charge in [0.1, 0.15) is 22.3 Å². The van der Waals surface area contributed by atoms with Crippen LogP contribution in [0, 0.1) is 0 Å². The van der Waals surface area contributed by atoms with Gasteiger partial charge in [0.2, 0.25) is 0 Å². The van der Waals surface area contributed by atoms with Crippen LogP contribution in [-0.4, -0.2) is 9.13 Å². The summed E-state index contributed by atoms with van der Waals surface area (Å²) in [7, 11) is 0. The maximum absolute atomic E-state index is 6.50. The number of nitrogens with zero attached hydrogens (tertiary/aromatic N) is 4. The van der Waals surface area contributed by atoms with Crippen molar-refractivity contribution in [3.8, 4) is 33.6 Å². The Morgan fingerprint density at radius 3 is 1.02 bits per heavy atom. The van der Waals surface area contributed by atoms with Gasteiger partial charge in [-0.15, -0.1) is 0 Å². The summed E-state index contributed by atoms with van der Waals surface area (Å²) in [6.07, 6.45) is 0. The minimum atomic E-state index is -0.202. The summed E-state index contributed by atoms with van der Waals surface area (Å²) in [6.45, 7) is 23.3. The number of benzene rings is 14. The van der Waals surface area contributed by atoms with Crippen LogP contribution in [0.25, 0.3) is 132 Å². The van der Waals surface area contributed by atoms with Gasteiger partial charge in [-0.1, -0.05) is 215 Å². The highest BCUT2D eigenvalue weighted by Gasteiger charge is 2.38. The van der Waals surface area contributed by atoms with Gasteiger partial charge in [0.25, 0.3) is 0 Å². The lowest BCUT2D eigenvalue weighted by molar-refractivity contribution is 0.590. The van der Waals surface area contributed by atoms with Gasteiger partial charge in [-0.3, -0.25) is 0 Å². The topological polar surface area (TPSA) is 42.6 Å². The van der Waals surface area contributed by atoms with E-state index in [-0.39, 0.29) is 21.7 Å². The largest absolute Gasteiger partial charge is 0.456 e. The fraction of sp³-hybridized carbons (Fsp3) is 0.146.